The van der Waals surface area contributed by atoms with Gasteiger partial charge >= 0.3 is 0 Å². The Hall–Kier alpha value is -3.27. The lowest BCUT2D eigenvalue weighted by Gasteiger charge is -2.39. The largest absolute Gasteiger partial charge is 0.486 e. The van der Waals surface area contributed by atoms with Crippen molar-refractivity contribution in [3.8, 4) is 16.3 Å². The fourth-order valence-electron chi connectivity index (χ4n) is 6.08. The Morgan fingerprint density at radius 2 is 1.93 bits per heavy atom. The number of hydrogen-bond acceptors (Lipinski definition) is 7. The molecule has 2 aliphatic rings. The second-order valence-electron chi connectivity index (χ2n) is 11.9. The lowest BCUT2D eigenvalue weighted by Crippen LogP contribution is -2.50. The molecular formula is C33H42N4O4S. The van der Waals surface area contributed by atoms with Crippen molar-refractivity contribution in [1.82, 2.24) is 14.8 Å². The third kappa shape index (κ3) is 7.02. The van der Waals surface area contributed by atoms with Gasteiger partial charge in [0.15, 0.2) is 5.75 Å². The van der Waals surface area contributed by atoms with Crippen LogP contribution >= 0.6 is 11.3 Å². The summed E-state index contributed by atoms with van der Waals surface area (Å²) in [7, 11) is 2.15. The predicted octanol–water partition coefficient (Wildman–Crippen LogP) is 5.79. The fraction of sp³-hybridized carbons (Fsp3) is 0.485. The summed E-state index contributed by atoms with van der Waals surface area (Å²) in [5.41, 5.74) is 2.30. The number of aliphatic hydroxyl groups is 1. The van der Waals surface area contributed by atoms with Crippen molar-refractivity contribution in [3.63, 3.8) is 0 Å². The summed E-state index contributed by atoms with van der Waals surface area (Å²) in [6.45, 7) is 6.02. The lowest BCUT2D eigenvalue weighted by molar-refractivity contribution is 0.0332. The van der Waals surface area contributed by atoms with Gasteiger partial charge in [-0.2, -0.15) is 0 Å². The Morgan fingerprint density at radius 1 is 1.17 bits per heavy atom. The number of ether oxygens (including phenoxy) is 1. The molecule has 2 N–H and O–H groups in total. The molecule has 0 unspecified atom stereocenters. The summed E-state index contributed by atoms with van der Waals surface area (Å²) in [4.78, 5) is 35.6. The van der Waals surface area contributed by atoms with Gasteiger partial charge in [0.25, 0.3) is 11.8 Å². The SMILES string of the molecule is C[C@@H]1CN([C@H](C)CO)C(=O)c2cccc(NC(=O)c3ccc(-c4nccs4)cc3)c2O[C@H]1CN(C)CC1CCCCC1. The molecule has 0 spiro atoms. The molecule has 2 heterocycles. The molecule has 2 aromatic carbocycles. The van der Waals surface area contributed by atoms with Crippen LogP contribution in [0.25, 0.3) is 10.6 Å². The van der Waals surface area contributed by atoms with E-state index in [1.807, 2.05) is 24.4 Å². The number of hydrogen-bond donors (Lipinski definition) is 2. The minimum Gasteiger partial charge on any atom is -0.486 e. The number of aliphatic hydroxyl groups excluding tert-OH is 1. The number of thiazole rings is 1. The summed E-state index contributed by atoms with van der Waals surface area (Å²) < 4.78 is 6.70. The zero-order valence-electron chi connectivity index (χ0n) is 24.8. The molecule has 1 aromatic heterocycles. The molecular weight excluding hydrogens is 548 g/mol. The molecule has 3 aromatic rings. The number of nitrogens with zero attached hydrogens (tertiary/aromatic N) is 3. The number of benzene rings is 2. The maximum atomic E-state index is 13.8. The molecule has 1 fully saturated rings. The number of likely N-dealkylation sites (N-methyl/N-ethyl adjacent to an activating group) is 1. The topological polar surface area (TPSA) is 95.0 Å². The van der Waals surface area contributed by atoms with Crippen LogP contribution in [0.4, 0.5) is 5.69 Å². The smallest absolute Gasteiger partial charge is 0.258 e. The highest BCUT2D eigenvalue weighted by Crippen LogP contribution is 2.35. The summed E-state index contributed by atoms with van der Waals surface area (Å²) >= 11 is 1.55. The van der Waals surface area contributed by atoms with Crippen LogP contribution in [0, 0.1) is 11.8 Å². The van der Waals surface area contributed by atoms with Crippen LogP contribution in [0.1, 0.15) is 66.7 Å². The Morgan fingerprint density at radius 3 is 2.62 bits per heavy atom. The number of rotatable bonds is 9. The first-order chi connectivity index (χ1) is 20.3. The molecule has 3 atom stereocenters. The normalized spacial score (nSPS) is 20.4. The van der Waals surface area contributed by atoms with Gasteiger partial charge in [0, 0.05) is 48.3 Å². The van der Waals surface area contributed by atoms with Crippen LogP contribution < -0.4 is 10.1 Å². The van der Waals surface area contributed by atoms with E-state index in [1.165, 1.54) is 32.1 Å². The lowest BCUT2D eigenvalue weighted by atomic mass is 9.89. The van der Waals surface area contributed by atoms with Gasteiger partial charge in [-0.15, -0.1) is 11.3 Å². The van der Waals surface area contributed by atoms with Gasteiger partial charge in [0.1, 0.15) is 11.1 Å². The molecule has 1 aliphatic heterocycles. The number of aromatic nitrogens is 1. The van der Waals surface area contributed by atoms with Crippen molar-refractivity contribution >= 4 is 28.8 Å². The van der Waals surface area contributed by atoms with Gasteiger partial charge in [-0.25, -0.2) is 4.98 Å². The zero-order valence-corrected chi connectivity index (χ0v) is 25.6. The second-order valence-corrected chi connectivity index (χ2v) is 12.8. The maximum absolute atomic E-state index is 13.8. The summed E-state index contributed by atoms with van der Waals surface area (Å²) in [6, 6.07) is 12.3. The molecule has 0 saturated heterocycles. The second kappa shape index (κ2) is 13.8. The minimum atomic E-state index is -0.346. The maximum Gasteiger partial charge on any atom is 0.258 e. The van der Waals surface area contributed by atoms with E-state index >= 15 is 0 Å². The summed E-state index contributed by atoms with van der Waals surface area (Å²) in [5.74, 6) is 0.590. The van der Waals surface area contributed by atoms with Crippen molar-refractivity contribution in [1.29, 1.82) is 0 Å². The van der Waals surface area contributed by atoms with Gasteiger partial charge in [-0.1, -0.05) is 44.4 Å². The third-order valence-electron chi connectivity index (χ3n) is 8.55. The van der Waals surface area contributed by atoms with Crippen molar-refractivity contribution < 1.29 is 19.4 Å². The van der Waals surface area contributed by atoms with Gasteiger partial charge in [0.2, 0.25) is 0 Å². The first-order valence-corrected chi connectivity index (χ1v) is 15.9. The Balaban J connectivity index is 1.41. The molecule has 42 heavy (non-hydrogen) atoms. The van der Waals surface area contributed by atoms with E-state index in [0.29, 0.717) is 41.6 Å². The number of anilines is 1. The van der Waals surface area contributed by atoms with E-state index in [0.717, 1.165) is 17.1 Å². The van der Waals surface area contributed by atoms with Crippen LogP contribution in [-0.2, 0) is 0 Å². The van der Waals surface area contributed by atoms with Crippen molar-refractivity contribution in [2.24, 2.45) is 11.8 Å². The number of nitrogens with one attached hydrogen (secondary N) is 1. The quantitative estimate of drug-likeness (QED) is 0.327. The van der Waals surface area contributed by atoms with Gasteiger partial charge in [-0.05, 0) is 57.0 Å². The molecule has 2 amide bonds. The van der Waals surface area contributed by atoms with E-state index in [2.05, 4.69) is 29.2 Å². The summed E-state index contributed by atoms with van der Waals surface area (Å²) in [5, 5.41) is 15.8. The fourth-order valence-corrected chi connectivity index (χ4v) is 6.72. The number of fused-ring (bicyclic) bond motifs is 1. The van der Waals surface area contributed by atoms with E-state index < -0.39 is 0 Å². The van der Waals surface area contributed by atoms with Crippen LogP contribution in [0.3, 0.4) is 0 Å². The number of para-hydroxylation sites is 1. The number of amides is 2. The van der Waals surface area contributed by atoms with Gasteiger partial charge < -0.3 is 25.0 Å². The molecule has 1 aliphatic carbocycles. The Bertz CT molecular complexity index is 1340. The number of carbonyl (C=O) groups excluding carboxylic acids is 2. The highest BCUT2D eigenvalue weighted by Gasteiger charge is 2.35. The van der Waals surface area contributed by atoms with Gasteiger partial charge in [0.05, 0.1) is 23.9 Å². The van der Waals surface area contributed by atoms with Crippen LogP contribution in [-0.4, -0.2) is 77.1 Å². The van der Waals surface area contributed by atoms with Crippen LogP contribution in [0.2, 0.25) is 0 Å². The van der Waals surface area contributed by atoms with Crippen LogP contribution in [0.5, 0.6) is 5.75 Å². The average Bonchev–Trinajstić information content (AvgIpc) is 3.55. The first-order valence-electron chi connectivity index (χ1n) is 15.0. The predicted molar refractivity (Wildman–Crippen MR) is 167 cm³/mol. The first kappa shape index (κ1) is 30.2. The van der Waals surface area contributed by atoms with Crippen molar-refractivity contribution in [2.45, 2.75) is 58.1 Å². The molecule has 224 valence electrons. The summed E-state index contributed by atoms with van der Waals surface area (Å²) in [6.07, 6.45) is 8.02. The molecule has 5 rings (SSSR count). The molecule has 9 heteroatoms. The van der Waals surface area contributed by atoms with Crippen LogP contribution in [0.15, 0.2) is 54.0 Å². The van der Waals surface area contributed by atoms with E-state index in [-0.39, 0.29) is 36.5 Å². The van der Waals surface area contributed by atoms with E-state index in [9.17, 15) is 14.7 Å². The Kier molecular flexibility index (Phi) is 9.92. The molecule has 0 bridgehead atoms. The van der Waals surface area contributed by atoms with Gasteiger partial charge in [-0.3, -0.25) is 9.59 Å². The van der Waals surface area contributed by atoms with E-state index in [1.54, 1.807) is 52.8 Å². The monoisotopic (exact) mass is 590 g/mol. The highest BCUT2D eigenvalue weighted by atomic mass is 32.1. The van der Waals surface area contributed by atoms with E-state index in [4.69, 9.17) is 4.74 Å². The molecule has 1 saturated carbocycles. The minimum absolute atomic E-state index is 0.00655. The molecule has 0 radical (unpaired) electrons. The Labute approximate surface area is 252 Å². The van der Waals surface area contributed by atoms with Crippen molar-refractivity contribution in [3.05, 3.63) is 65.2 Å². The highest BCUT2D eigenvalue weighted by molar-refractivity contribution is 7.13. The van der Waals surface area contributed by atoms with Crippen molar-refractivity contribution in [2.75, 3.05) is 38.6 Å². The number of carbonyl (C=O) groups is 2. The standard InChI is InChI=1S/C33H42N4O4S/c1-22-18-37(23(2)21-38)33(40)27-10-7-11-28(30(27)41-29(22)20-36(3)19-24-8-5-4-6-9-24)35-31(39)25-12-14-26(15-13-25)32-34-16-17-42-32/h7,10-17,22-24,29,38H,4-6,8-9,18-21H2,1-3H3,(H,35,39)/t22-,23-,29+/m1/s1. The average molecular weight is 591 g/mol. The third-order valence-corrected chi connectivity index (χ3v) is 9.37. The zero-order chi connectivity index (χ0) is 29.6. The molecule has 8 nitrogen and oxygen atoms in total.